The van der Waals surface area contributed by atoms with Crippen molar-refractivity contribution in [2.45, 2.75) is 38.1 Å². The summed E-state index contributed by atoms with van der Waals surface area (Å²) in [6, 6.07) is 0. The Morgan fingerprint density at radius 2 is 2.11 bits per heavy atom. The van der Waals surface area contributed by atoms with E-state index >= 15 is 0 Å². The van der Waals surface area contributed by atoms with Gasteiger partial charge in [0.05, 0.1) is 23.9 Å². The molecule has 0 unspecified atom stereocenters. The van der Waals surface area contributed by atoms with Crippen LogP contribution in [0.3, 0.4) is 0 Å². The summed E-state index contributed by atoms with van der Waals surface area (Å²) < 4.78 is 0. The number of hydrogen-bond acceptors (Lipinski definition) is 4. The quantitative estimate of drug-likeness (QED) is 0.827. The number of aliphatic carboxylic acids is 1. The van der Waals surface area contributed by atoms with E-state index in [2.05, 4.69) is 15.3 Å². The van der Waals surface area contributed by atoms with Gasteiger partial charge in [-0.25, -0.2) is 4.98 Å². The predicted octanol–water partition coefficient (Wildman–Crippen LogP) is 0.912. The van der Waals surface area contributed by atoms with Crippen LogP contribution in [0.1, 0.15) is 41.9 Å². The Balaban J connectivity index is 2.06. The molecule has 1 aromatic rings. The van der Waals surface area contributed by atoms with Gasteiger partial charge in [0.2, 0.25) is 0 Å². The molecule has 6 heteroatoms. The summed E-state index contributed by atoms with van der Waals surface area (Å²) >= 11 is 0. The van der Waals surface area contributed by atoms with Crippen molar-refractivity contribution in [2.75, 3.05) is 0 Å². The van der Waals surface area contributed by atoms with Gasteiger partial charge in [0.15, 0.2) is 0 Å². The van der Waals surface area contributed by atoms with Crippen molar-refractivity contribution in [2.24, 2.45) is 0 Å². The first-order valence-electron chi connectivity index (χ1n) is 5.84. The van der Waals surface area contributed by atoms with Crippen LogP contribution < -0.4 is 5.32 Å². The first-order chi connectivity index (χ1) is 8.51. The average molecular weight is 249 g/mol. The molecule has 1 fully saturated rings. The Labute approximate surface area is 104 Å². The monoisotopic (exact) mass is 249 g/mol. The van der Waals surface area contributed by atoms with E-state index in [4.69, 9.17) is 5.11 Å². The molecule has 0 aliphatic heterocycles. The van der Waals surface area contributed by atoms with Crippen LogP contribution in [0.4, 0.5) is 0 Å². The van der Waals surface area contributed by atoms with Gasteiger partial charge in [-0.15, -0.1) is 0 Å². The molecule has 0 radical (unpaired) electrons. The number of aryl methyl sites for hydroxylation is 1. The molecular weight excluding hydrogens is 234 g/mol. The maximum absolute atomic E-state index is 11.9. The number of aromatic nitrogens is 2. The third-order valence-corrected chi connectivity index (χ3v) is 3.19. The fraction of sp³-hybridized carbons (Fsp3) is 0.500. The van der Waals surface area contributed by atoms with Crippen molar-refractivity contribution in [3.05, 3.63) is 23.8 Å². The first kappa shape index (κ1) is 12.5. The number of hydrogen-bond donors (Lipinski definition) is 2. The molecule has 0 atom stereocenters. The molecule has 18 heavy (non-hydrogen) atoms. The molecule has 1 aromatic heterocycles. The fourth-order valence-electron chi connectivity index (χ4n) is 2.05. The molecule has 1 saturated carbocycles. The lowest BCUT2D eigenvalue weighted by Crippen LogP contribution is -2.54. The largest absolute Gasteiger partial charge is 0.481 e. The lowest BCUT2D eigenvalue weighted by molar-refractivity contribution is -0.139. The number of carbonyl (C=O) groups excluding carboxylic acids is 1. The van der Waals surface area contributed by atoms with Crippen LogP contribution in [-0.2, 0) is 4.79 Å². The van der Waals surface area contributed by atoms with Gasteiger partial charge in [0, 0.05) is 6.20 Å². The summed E-state index contributed by atoms with van der Waals surface area (Å²) in [6.07, 6.45) is 5.21. The second kappa shape index (κ2) is 4.72. The Morgan fingerprint density at radius 1 is 1.39 bits per heavy atom. The van der Waals surface area contributed by atoms with Crippen LogP contribution in [0.5, 0.6) is 0 Å². The lowest BCUT2D eigenvalue weighted by atomic mass is 9.74. The van der Waals surface area contributed by atoms with E-state index in [9.17, 15) is 9.59 Å². The number of nitrogens with one attached hydrogen (secondary N) is 1. The third-order valence-electron chi connectivity index (χ3n) is 3.19. The van der Waals surface area contributed by atoms with Gasteiger partial charge in [-0.05, 0) is 26.2 Å². The zero-order valence-electron chi connectivity index (χ0n) is 10.1. The van der Waals surface area contributed by atoms with Gasteiger partial charge < -0.3 is 10.4 Å². The highest BCUT2D eigenvalue weighted by molar-refractivity contribution is 5.92. The molecule has 0 aromatic carbocycles. The summed E-state index contributed by atoms with van der Waals surface area (Å²) in [5, 5.41) is 11.6. The maximum Gasteiger partial charge on any atom is 0.305 e. The van der Waals surface area contributed by atoms with Crippen LogP contribution in [0, 0.1) is 6.92 Å². The molecule has 0 saturated heterocycles. The molecule has 2 rings (SSSR count). The minimum atomic E-state index is -0.898. The lowest BCUT2D eigenvalue weighted by Gasteiger charge is -2.41. The zero-order valence-corrected chi connectivity index (χ0v) is 10.1. The topological polar surface area (TPSA) is 92.2 Å². The molecule has 1 aliphatic rings. The number of nitrogens with zero attached hydrogens (tertiary/aromatic N) is 2. The Morgan fingerprint density at radius 3 is 2.56 bits per heavy atom. The Bertz CT molecular complexity index is 466. The highest BCUT2D eigenvalue weighted by Gasteiger charge is 2.40. The van der Waals surface area contributed by atoms with E-state index < -0.39 is 11.5 Å². The molecule has 6 nitrogen and oxygen atoms in total. The highest BCUT2D eigenvalue weighted by atomic mass is 16.4. The van der Waals surface area contributed by atoms with Gasteiger partial charge in [-0.3, -0.25) is 14.6 Å². The standard InChI is InChI=1S/C12H15N3O3/c1-8-6-14-9(7-13-8)11(18)15-12(3-2-4-12)5-10(16)17/h6-7H,2-5H2,1H3,(H,15,18)(H,16,17). The van der Waals surface area contributed by atoms with E-state index in [-0.39, 0.29) is 18.0 Å². The molecule has 96 valence electrons. The number of carboxylic acids is 1. The van der Waals surface area contributed by atoms with Crippen LogP contribution >= 0.6 is 0 Å². The smallest absolute Gasteiger partial charge is 0.305 e. The molecule has 1 aliphatic carbocycles. The molecule has 2 N–H and O–H groups in total. The highest BCUT2D eigenvalue weighted by Crippen LogP contribution is 2.35. The fourth-order valence-corrected chi connectivity index (χ4v) is 2.05. The SMILES string of the molecule is Cc1cnc(C(=O)NC2(CC(=O)O)CCC2)cn1. The summed E-state index contributed by atoms with van der Waals surface area (Å²) in [5.74, 6) is -1.26. The van der Waals surface area contributed by atoms with Crippen molar-refractivity contribution in [1.29, 1.82) is 0 Å². The molecular formula is C12H15N3O3. The van der Waals surface area contributed by atoms with Gasteiger partial charge >= 0.3 is 5.97 Å². The van der Waals surface area contributed by atoms with Gasteiger partial charge in [-0.1, -0.05) is 0 Å². The minimum absolute atomic E-state index is 0.0436. The van der Waals surface area contributed by atoms with Crippen LogP contribution in [0.25, 0.3) is 0 Å². The summed E-state index contributed by atoms with van der Waals surface area (Å²) in [5.41, 5.74) is 0.350. The summed E-state index contributed by atoms with van der Waals surface area (Å²) in [4.78, 5) is 30.7. The molecule has 0 bridgehead atoms. The number of amides is 1. The number of carbonyl (C=O) groups is 2. The van der Waals surface area contributed by atoms with Crippen molar-refractivity contribution in [3.63, 3.8) is 0 Å². The van der Waals surface area contributed by atoms with E-state index in [0.717, 1.165) is 12.1 Å². The Hall–Kier alpha value is -1.98. The third kappa shape index (κ3) is 2.64. The van der Waals surface area contributed by atoms with Gasteiger partial charge in [0.1, 0.15) is 5.69 Å². The number of carboxylic acid groups (broad SMARTS) is 1. The average Bonchev–Trinajstić information content (AvgIpc) is 2.26. The Kier molecular flexibility index (Phi) is 3.27. The molecule has 0 spiro atoms. The second-order valence-electron chi connectivity index (χ2n) is 4.70. The first-order valence-corrected chi connectivity index (χ1v) is 5.84. The van der Waals surface area contributed by atoms with Crippen LogP contribution in [0.15, 0.2) is 12.4 Å². The van der Waals surface area contributed by atoms with Gasteiger partial charge in [0.25, 0.3) is 5.91 Å². The molecule has 1 amide bonds. The predicted molar refractivity (Wildman–Crippen MR) is 63.1 cm³/mol. The van der Waals surface area contributed by atoms with E-state index in [1.165, 1.54) is 12.4 Å². The zero-order chi connectivity index (χ0) is 13.2. The number of rotatable bonds is 4. The second-order valence-corrected chi connectivity index (χ2v) is 4.70. The van der Waals surface area contributed by atoms with Crippen LogP contribution in [0.2, 0.25) is 0 Å². The van der Waals surface area contributed by atoms with E-state index in [0.29, 0.717) is 12.8 Å². The summed E-state index contributed by atoms with van der Waals surface area (Å²) in [6.45, 7) is 1.78. The molecule has 1 heterocycles. The van der Waals surface area contributed by atoms with Crippen molar-refractivity contribution in [1.82, 2.24) is 15.3 Å². The van der Waals surface area contributed by atoms with Crippen molar-refractivity contribution in [3.8, 4) is 0 Å². The summed E-state index contributed by atoms with van der Waals surface area (Å²) in [7, 11) is 0. The maximum atomic E-state index is 11.9. The van der Waals surface area contributed by atoms with Gasteiger partial charge in [-0.2, -0.15) is 0 Å². The normalized spacial score (nSPS) is 16.7. The van der Waals surface area contributed by atoms with Crippen molar-refractivity contribution >= 4 is 11.9 Å². The van der Waals surface area contributed by atoms with Crippen LogP contribution in [-0.4, -0.2) is 32.5 Å². The minimum Gasteiger partial charge on any atom is -0.481 e. The van der Waals surface area contributed by atoms with E-state index in [1.54, 1.807) is 6.92 Å². The van der Waals surface area contributed by atoms with E-state index in [1.807, 2.05) is 0 Å². The van der Waals surface area contributed by atoms with Crippen molar-refractivity contribution < 1.29 is 14.7 Å².